The van der Waals surface area contributed by atoms with E-state index in [4.69, 9.17) is 14.6 Å². The Balaban J connectivity index is 1.48. The third-order valence-electron chi connectivity index (χ3n) is 5.53. The number of furan rings is 1. The highest BCUT2D eigenvalue weighted by Gasteiger charge is 2.37. The number of rotatable bonds is 5. The van der Waals surface area contributed by atoms with Crippen LogP contribution in [0.2, 0.25) is 0 Å². The van der Waals surface area contributed by atoms with Crippen molar-refractivity contribution in [1.29, 1.82) is 0 Å². The van der Waals surface area contributed by atoms with Gasteiger partial charge in [-0.2, -0.15) is 10.2 Å². The molecule has 1 aliphatic heterocycles. The predicted molar refractivity (Wildman–Crippen MR) is 130 cm³/mol. The summed E-state index contributed by atoms with van der Waals surface area (Å²) in [6.07, 6.45) is 4.13. The Kier molecular flexibility index (Phi) is 5.01. The molecule has 1 amide bonds. The number of thiophene rings is 2. The van der Waals surface area contributed by atoms with E-state index in [9.17, 15) is 4.79 Å². The summed E-state index contributed by atoms with van der Waals surface area (Å²) in [5.41, 5.74) is 3.66. The van der Waals surface area contributed by atoms with E-state index >= 15 is 0 Å². The molecular formula is C25H18N4O2S2. The van der Waals surface area contributed by atoms with Crippen LogP contribution in [-0.2, 0) is 0 Å². The number of aromatic nitrogens is 2. The molecule has 0 radical (unpaired) electrons. The van der Waals surface area contributed by atoms with Crippen molar-refractivity contribution in [1.82, 2.24) is 14.8 Å². The number of amides is 1. The van der Waals surface area contributed by atoms with Gasteiger partial charge in [-0.15, -0.1) is 22.7 Å². The third-order valence-corrected chi connectivity index (χ3v) is 7.33. The Labute approximate surface area is 198 Å². The zero-order valence-corrected chi connectivity index (χ0v) is 19.0. The van der Waals surface area contributed by atoms with E-state index in [1.807, 2.05) is 70.2 Å². The maximum atomic E-state index is 13.4. The standard InChI is InChI=1S/C25H18N4O2S2/c30-25(21-9-4-12-31-21)29-20(15-19(26-29)22-10-5-13-32-22)18-16-28(17-7-2-1-3-8-17)27-24(18)23-11-6-14-33-23/h1-14,16,20H,15H2. The number of hydrogen-bond acceptors (Lipinski definition) is 6. The van der Waals surface area contributed by atoms with Gasteiger partial charge in [-0.25, -0.2) is 9.69 Å². The lowest BCUT2D eigenvalue weighted by Gasteiger charge is -2.20. The molecule has 1 aliphatic rings. The molecule has 0 N–H and O–H groups in total. The largest absolute Gasteiger partial charge is 0.459 e. The van der Waals surface area contributed by atoms with Crippen LogP contribution in [0.15, 0.2) is 99.5 Å². The normalized spacial score (nSPS) is 15.7. The van der Waals surface area contributed by atoms with E-state index in [1.54, 1.807) is 39.8 Å². The first-order valence-electron chi connectivity index (χ1n) is 10.5. The van der Waals surface area contributed by atoms with Crippen LogP contribution in [0.5, 0.6) is 0 Å². The molecule has 5 heterocycles. The van der Waals surface area contributed by atoms with Gasteiger partial charge in [0.25, 0.3) is 0 Å². The van der Waals surface area contributed by atoms with Crippen molar-refractivity contribution in [3.8, 4) is 16.3 Å². The minimum Gasteiger partial charge on any atom is -0.459 e. The summed E-state index contributed by atoms with van der Waals surface area (Å²) in [6.45, 7) is 0. The molecule has 1 atom stereocenters. The lowest BCUT2D eigenvalue weighted by molar-refractivity contribution is 0.0679. The van der Waals surface area contributed by atoms with Crippen molar-refractivity contribution in [2.45, 2.75) is 12.5 Å². The van der Waals surface area contributed by atoms with Crippen LogP contribution >= 0.6 is 22.7 Å². The lowest BCUT2D eigenvalue weighted by Crippen LogP contribution is -2.26. The fraction of sp³-hybridized carbons (Fsp3) is 0.0800. The second-order valence-corrected chi connectivity index (χ2v) is 9.46. The minimum absolute atomic E-state index is 0.263. The van der Waals surface area contributed by atoms with Crippen molar-refractivity contribution in [3.63, 3.8) is 0 Å². The monoisotopic (exact) mass is 470 g/mol. The zero-order valence-electron chi connectivity index (χ0n) is 17.4. The van der Waals surface area contributed by atoms with Gasteiger partial charge in [0.15, 0.2) is 5.76 Å². The van der Waals surface area contributed by atoms with Crippen molar-refractivity contribution >= 4 is 34.3 Å². The highest BCUT2D eigenvalue weighted by atomic mass is 32.1. The first-order valence-corrected chi connectivity index (χ1v) is 12.2. The van der Waals surface area contributed by atoms with Crippen molar-refractivity contribution in [2.75, 3.05) is 0 Å². The van der Waals surface area contributed by atoms with Crippen LogP contribution in [0, 0.1) is 0 Å². The zero-order chi connectivity index (χ0) is 22.2. The van der Waals surface area contributed by atoms with E-state index in [0.29, 0.717) is 6.42 Å². The molecule has 1 aromatic carbocycles. The smallest absolute Gasteiger partial charge is 0.310 e. The Morgan fingerprint density at radius 3 is 2.42 bits per heavy atom. The van der Waals surface area contributed by atoms with Gasteiger partial charge in [-0.1, -0.05) is 30.3 Å². The fourth-order valence-electron chi connectivity index (χ4n) is 3.99. The number of carbonyl (C=O) groups is 1. The molecule has 0 bridgehead atoms. The summed E-state index contributed by atoms with van der Waals surface area (Å²) in [5.74, 6) is 0.00505. The van der Waals surface area contributed by atoms with Gasteiger partial charge in [0.05, 0.1) is 33.5 Å². The molecule has 1 unspecified atom stereocenters. The van der Waals surface area contributed by atoms with Gasteiger partial charge in [0, 0.05) is 18.2 Å². The summed E-state index contributed by atoms with van der Waals surface area (Å²) in [4.78, 5) is 15.5. The topological polar surface area (TPSA) is 63.6 Å². The average molecular weight is 471 g/mol. The molecule has 0 saturated heterocycles. The van der Waals surface area contributed by atoms with Gasteiger partial charge >= 0.3 is 5.91 Å². The van der Waals surface area contributed by atoms with E-state index in [2.05, 4.69) is 6.07 Å². The molecule has 162 valence electrons. The van der Waals surface area contributed by atoms with E-state index in [-0.39, 0.29) is 17.7 Å². The number of hydrazone groups is 1. The Morgan fingerprint density at radius 1 is 0.939 bits per heavy atom. The summed E-state index contributed by atoms with van der Waals surface area (Å²) in [5, 5.41) is 15.3. The van der Waals surface area contributed by atoms with Crippen LogP contribution < -0.4 is 0 Å². The lowest BCUT2D eigenvalue weighted by atomic mass is 10.0. The molecule has 33 heavy (non-hydrogen) atoms. The summed E-state index contributed by atoms with van der Waals surface area (Å²) >= 11 is 3.25. The molecule has 0 saturated carbocycles. The van der Waals surface area contributed by atoms with E-state index < -0.39 is 0 Å². The maximum absolute atomic E-state index is 13.4. The van der Waals surface area contributed by atoms with Crippen molar-refractivity contribution in [3.05, 3.63) is 106 Å². The first kappa shape index (κ1) is 19.9. The van der Waals surface area contributed by atoms with Gasteiger partial charge < -0.3 is 4.42 Å². The Hall–Kier alpha value is -3.75. The average Bonchev–Trinajstić information content (AvgIpc) is 3.69. The molecule has 6 rings (SSSR count). The number of hydrogen-bond donors (Lipinski definition) is 0. The third kappa shape index (κ3) is 3.63. The minimum atomic E-state index is -0.297. The second-order valence-electron chi connectivity index (χ2n) is 7.56. The number of benzene rings is 1. The first-order chi connectivity index (χ1) is 16.3. The van der Waals surface area contributed by atoms with Gasteiger partial charge in [-0.3, -0.25) is 4.79 Å². The number of para-hydroxylation sites is 1. The molecule has 8 heteroatoms. The van der Waals surface area contributed by atoms with Crippen molar-refractivity contribution in [2.24, 2.45) is 5.10 Å². The van der Waals surface area contributed by atoms with Gasteiger partial charge in [0.1, 0.15) is 5.69 Å². The van der Waals surface area contributed by atoms with E-state index in [0.717, 1.165) is 32.4 Å². The summed E-state index contributed by atoms with van der Waals surface area (Å²) in [6, 6.07) is 21.2. The molecule has 0 spiro atoms. The molecule has 0 aliphatic carbocycles. The van der Waals surface area contributed by atoms with Crippen LogP contribution in [0.1, 0.15) is 33.5 Å². The molecule has 6 nitrogen and oxygen atoms in total. The van der Waals surface area contributed by atoms with Crippen LogP contribution in [-0.4, -0.2) is 26.4 Å². The highest BCUT2D eigenvalue weighted by Crippen LogP contribution is 2.40. The molecule has 4 aromatic heterocycles. The van der Waals surface area contributed by atoms with Crippen LogP contribution in [0.4, 0.5) is 0 Å². The highest BCUT2D eigenvalue weighted by molar-refractivity contribution is 7.13. The fourth-order valence-corrected chi connectivity index (χ4v) is 5.45. The Morgan fingerprint density at radius 2 is 1.73 bits per heavy atom. The molecule has 5 aromatic rings. The Bertz CT molecular complexity index is 1400. The summed E-state index contributed by atoms with van der Waals surface area (Å²) in [7, 11) is 0. The predicted octanol–water partition coefficient (Wildman–Crippen LogP) is 6.25. The van der Waals surface area contributed by atoms with Crippen LogP contribution in [0.25, 0.3) is 16.3 Å². The number of nitrogens with zero attached hydrogens (tertiary/aromatic N) is 4. The van der Waals surface area contributed by atoms with Gasteiger partial charge in [-0.05, 0) is 47.2 Å². The second kappa shape index (κ2) is 8.31. The maximum Gasteiger partial charge on any atom is 0.310 e. The van der Waals surface area contributed by atoms with Crippen molar-refractivity contribution < 1.29 is 9.21 Å². The summed E-state index contributed by atoms with van der Waals surface area (Å²) < 4.78 is 7.30. The quantitative estimate of drug-likeness (QED) is 0.305. The molecular weight excluding hydrogens is 452 g/mol. The molecule has 0 fully saturated rings. The SMILES string of the molecule is O=C(c1ccco1)N1N=C(c2cccs2)CC1c1cn(-c2ccccc2)nc1-c1cccs1. The number of carbonyl (C=O) groups excluding carboxylic acids is 1. The van der Waals surface area contributed by atoms with E-state index in [1.165, 1.54) is 6.26 Å². The van der Waals surface area contributed by atoms with Gasteiger partial charge in [0.2, 0.25) is 0 Å². The van der Waals surface area contributed by atoms with Crippen LogP contribution in [0.3, 0.4) is 0 Å².